The van der Waals surface area contributed by atoms with Crippen molar-refractivity contribution in [2.45, 2.75) is 25.8 Å². The summed E-state index contributed by atoms with van der Waals surface area (Å²) in [6.45, 7) is 4.11. The highest BCUT2D eigenvalue weighted by atomic mass is 35.5. The maximum atomic E-state index is 13.1. The number of benzene rings is 2. The van der Waals surface area contributed by atoms with Crippen LogP contribution in [0.4, 0.5) is 0 Å². The Morgan fingerprint density at radius 2 is 1.71 bits per heavy atom. The Kier molecular flexibility index (Phi) is 5.46. The molecule has 7 nitrogen and oxygen atoms in total. The fraction of sp³-hybridized carbons (Fsp3) is 0.296. The number of aromatic nitrogens is 3. The third-order valence-corrected chi connectivity index (χ3v) is 7.32. The van der Waals surface area contributed by atoms with Gasteiger partial charge in [-0.25, -0.2) is 0 Å². The molecule has 4 aromatic rings. The number of aryl methyl sites for hydroxylation is 2. The topological polar surface area (TPSA) is 72.2 Å². The first kappa shape index (κ1) is 22.1. The number of likely N-dealkylation sites (tertiary alicyclic amines) is 1. The van der Waals surface area contributed by atoms with Crippen LogP contribution in [-0.2, 0) is 23.2 Å². The zero-order valence-electron chi connectivity index (χ0n) is 19.6. The number of hydrogen-bond donors (Lipinski definition) is 1. The first-order valence-corrected chi connectivity index (χ1v) is 12.4. The van der Waals surface area contributed by atoms with Gasteiger partial charge in [0.1, 0.15) is 5.69 Å². The molecule has 2 aliphatic rings. The van der Waals surface area contributed by atoms with Gasteiger partial charge in [0.25, 0.3) is 11.8 Å². The summed E-state index contributed by atoms with van der Waals surface area (Å²) >= 11 is 6.29. The van der Waals surface area contributed by atoms with Crippen LogP contribution in [0, 0.1) is 0 Å². The number of carbonyl (C=O) groups excluding carboxylic acids is 2. The van der Waals surface area contributed by atoms with E-state index in [4.69, 9.17) is 16.7 Å². The van der Waals surface area contributed by atoms with E-state index in [1.54, 1.807) is 0 Å². The molecule has 8 heteroatoms. The lowest BCUT2D eigenvalue weighted by atomic mass is 9.97. The Balaban J connectivity index is 1.48. The number of halogens is 1. The van der Waals surface area contributed by atoms with Crippen molar-refractivity contribution in [3.05, 3.63) is 64.9 Å². The smallest absolute Gasteiger partial charge is 0.261 e. The summed E-state index contributed by atoms with van der Waals surface area (Å²) in [5, 5.41) is 9.67. The molecule has 1 saturated heterocycles. The molecule has 0 atom stereocenters. The van der Waals surface area contributed by atoms with E-state index >= 15 is 0 Å². The summed E-state index contributed by atoms with van der Waals surface area (Å²) in [4.78, 5) is 28.7. The van der Waals surface area contributed by atoms with Gasteiger partial charge in [-0.05, 0) is 63.2 Å². The fourth-order valence-electron chi connectivity index (χ4n) is 5.43. The van der Waals surface area contributed by atoms with Gasteiger partial charge < -0.3 is 9.47 Å². The molecule has 0 bridgehead atoms. The minimum atomic E-state index is -0.420. The molecule has 0 radical (unpaired) electrons. The SMILES string of the molecule is Cn1cc(C2=C(c3nn(CCCN4CCCC4)c4ccccc34)C(=O)NC2=O)c2cc(Cl)ccc21. The van der Waals surface area contributed by atoms with E-state index in [0.29, 0.717) is 27.4 Å². The van der Waals surface area contributed by atoms with E-state index in [2.05, 4.69) is 10.2 Å². The molecular formula is C27H26ClN5O2. The van der Waals surface area contributed by atoms with Crippen molar-refractivity contribution in [1.82, 2.24) is 24.6 Å². The summed E-state index contributed by atoms with van der Waals surface area (Å²) in [5.41, 5.74) is 3.77. The Morgan fingerprint density at radius 3 is 2.54 bits per heavy atom. The second kappa shape index (κ2) is 8.66. The minimum absolute atomic E-state index is 0.317. The molecule has 1 N–H and O–H groups in total. The van der Waals surface area contributed by atoms with Crippen molar-refractivity contribution in [3.63, 3.8) is 0 Å². The van der Waals surface area contributed by atoms with Crippen molar-refractivity contribution >= 4 is 56.4 Å². The van der Waals surface area contributed by atoms with Crippen LogP contribution in [0.2, 0.25) is 5.02 Å². The molecule has 1 fully saturated rings. The van der Waals surface area contributed by atoms with Gasteiger partial charge in [-0.3, -0.25) is 19.6 Å². The van der Waals surface area contributed by atoms with E-state index in [1.807, 2.05) is 65.0 Å². The monoisotopic (exact) mass is 487 g/mol. The molecule has 0 spiro atoms. The Morgan fingerprint density at radius 1 is 0.943 bits per heavy atom. The largest absolute Gasteiger partial charge is 0.350 e. The Bertz CT molecular complexity index is 1520. The standard InChI is InChI=1S/C27H26ClN5O2/c1-31-16-20(19-15-17(28)9-10-21(19)31)23-24(27(35)29-26(23)34)25-18-7-2-3-8-22(18)33(30-25)14-6-13-32-11-4-5-12-32/h2-3,7-10,15-16H,4-6,11-14H2,1H3,(H,29,34,35). The van der Waals surface area contributed by atoms with Crippen molar-refractivity contribution < 1.29 is 9.59 Å². The number of carbonyl (C=O) groups is 2. The fourth-order valence-corrected chi connectivity index (χ4v) is 5.61. The van der Waals surface area contributed by atoms with Crippen LogP contribution >= 0.6 is 11.6 Å². The van der Waals surface area contributed by atoms with E-state index in [-0.39, 0.29) is 0 Å². The lowest BCUT2D eigenvalue weighted by Crippen LogP contribution is -2.23. The molecule has 178 valence electrons. The number of imide groups is 1. The van der Waals surface area contributed by atoms with Gasteiger partial charge in [0.2, 0.25) is 0 Å². The molecule has 4 heterocycles. The van der Waals surface area contributed by atoms with Crippen LogP contribution in [0.5, 0.6) is 0 Å². The van der Waals surface area contributed by atoms with Gasteiger partial charge in [-0.15, -0.1) is 0 Å². The van der Waals surface area contributed by atoms with Gasteiger partial charge >= 0.3 is 0 Å². The van der Waals surface area contributed by atoms with Crippen molar-refractivity contribution in [2.24, 2.45) is 7.05 Å². The number of rotatable bonds is 6. The zero-order chi connectivity index (χ0) is 24.1. The average Bonchev–Trinajstić information content (AvgIpc) is 3.60. The molecule has 6 rings (SSSR count). The Labute approximate surface area is 207 Å². The number of para-hydroxylation sites is 1. The number of amides is 2. The quantitative estimate of drug-likeness (QED) is 0.413. The van der Waals surface area contributed by atoms with Crippen LogP contribution in [-0.4, -0.2) is 50.7 Å². The number of hydrogen-bond acceptors (Lipinski definition) is 4. The lowest BCUT2D eigenvalue weighted by molar-refractivity contribution is -0.122. The summed E-state index contributed by atoms with van der Waals surface area (Å²) < 4.78 is 3.91. The maximum absolute atomic E-state index is 13.1. The molecule has 0 aliphatic carbocycles. The van der Waals surface area contributed by atoms with Gasteiger partial charge in [0.05, 0.1) is 16.7 Å². The van der Waals surface area contributed by atoms with Crippen LogP contribution in [0.3, 0.4) is 0 Å². The first-order chi connectivity index (χ1) is 17.0. The van der Waals surface area contributed by atoms with E-state index in [9.17, 15) is 9.59 Å². The minimum Gasteiger partial charge on any atom is -0.350 e. The van der Waals surface area contributed by atoms with Gasteiger partial charge in [-0.1, -0.05) is 29.8 Å². The highest BCUT2D eigenvalue weighted by molar-refractivity contribution is 6.50. The van der Waals surface area contributed by atoms with Crippen LogP contribution in [0.1, 0.15) is 30.5 Å². The third-order valence-electron chi connectivity index (χ3n) is 7.09. The summed E-state index contributed by atoms with van der Waals surface area (Å²) in [5.74, 6) is -0.832. The molecule has 2 aromatic carbocycles. The maximum Gasteiger partial charge on any atom is 0.261 e. The third kappa shape index (κ3) is 3.75. The van der Waals surface area contributed by atoms with Crippen LogP contribution in [0.25, 0.3) is 33.0 Å². The highest BCUT2D eigenvalue weighted by Crippen LogP contribution is 2.38. The molecule has 2 amide bonds. The molecular weight excluding hydrogens is 462 g/mol. The van der Waals surface area contributed by atoms with Gasteiger partial charge in [-0.2, -0.15) is 5.10 Å². The molecule has 0 unspecified atom stereocenters. The number of fused-ring (bicyclic) bond motifs is 2. The number of nitrogens with zero attached hydrogens (tertiary/aromatic N) is 4. The normalized spacial score (nSPS) is 16.9. The van der Waals surface area contributed by atoms with E-state index in [1.165, 1.54) is 25.9 Å². The van der Waals surface area contributed by atoms with Gasteiger partial charge in [0.15, 0.2) is 0 Å². The summed E-state index contributed by atoms with van der Waals surface area (Å²) in [6.07, 6.45) is 5.40. The zero-order valence-corrected chi connectivity index (χ0v) is 20.3. The second-order valence-corrected chi connectivity index (χ2v) is 9.78. The van der Waals surface area contributed by atoms with Crippen molar-refractivity contribution in [3.8, 4) is 0 Å². The molecule has 2 aromatic heterocycles. The lowest BCUT2D eigenvalue weighted by Gasteiger charge is -2.14. The van der Waals surface area contributed by atoms with E-state index in [0.717, 1.165) is 41.3 Å². The summed E-state index contributed by atoms with van der Waals surface area (Å²) in [6, 6.07) is 13.5. The predicted octanol–water partition coefficient (Wildman–Crippen LogP) is 4.23. The van der Waals surface area contributed by atoms with Crippen LogP contribution < -0.4 is 5.32 Å². The Hall–Kier alpha value is -3.42. The van der Waals surface area contributed by atoms with Crippen LogP contribution in [0.15, 0.2) is 48.7 Å². The second-order valence-electron chi connectivity index (χ2n) is 9.34. The molecule has 35 heavy (non-hydrogen) atoms. The van der Waals surface area contributed by atoms with Crippen molar-refractivity contribution in [1.29, 1.82) is 0 Å². The van der Waals surface area contributed by atoms with Crippen molar-refractivity contribution in [2.75, 3.05) is 19.6 Å². The first-order valence-electron chi connectivity index (χ1n) is 12.0. The predicted molar refractivity (Wildman–Crippen MR) is 138 cm³/mol. The molecule has 2 aliphatic heterocycles. The average molecular weight is 488 g/mol. The van der Waals surface area contributed by atoms with E-state index < -0.39 is 11.8 Å². The molecule has 0 saturated carbocycles. The van der Waals surface area contributed by atoms with Gasteiger partial charge in [0, 0.05) is 46.7 Å². The highest BCUT2D eigenvalue weighted by Gasteiger charge is 2.36. The summed E-state index contributed by atoms with van der Waals surface area (Å²) in [7, 11) is 1.92. The number of nitrogens with one attached hydrogen (secondary N) is 1.